The van der Waals surface area contributed by atoms with E-state index in [1.54, 1.807) is 0 Å². The van der Waals surface area contributed by atoms with Crippen molar-refractivity contribution in [3.8, 4) is 0 Å². The van der Waals surface area contributed by atoms with Gasteiger partial charge in [-0.1, -0.05) is 6.92 Å². The molecule has 1 aliphatic heterocycles. The van der Waals surface area contributed by atoms with Crippen LogP contribution in [0.25, 0.3) is 0 Å². The van der Waals surface area contributed by atoms with E-state index in [0.29, 0.717) is 13.0 Å². The summed E-state index contributed by atoms with van der Waals surface area (Å²) < 4.78 is 2.03. The molecule has 2 heterocycles. The van der Waals surface area contributed by atoms with Crippen LogP contribution in [-0.2, 0) is 11.3 Å². The summed E-state index contributed by atoms with van der Waals surface area (Å²) in [4.78, 5) is 13.9. The molecule has 2 rings (SSSR count). The van der Waals surface area contributed by atoms with E-state index in [9.17, 15) is 9.90 Å². The van der Waals surface area contributed by atoms with Gasteiger partial charge in [-0.05, 0) is 47.1 Å². The van der Waals surface area contributed by atoms with E-state index in [2.05, 4.69) is 30.8 Å². The zero-order valence-corrected chi connectivity index (χ0v) is 13.8. The second-order valence-corrected chi connectivity index (χ2v) is 6.24. The summed E-state index contributed by atoms with van der Waals surface area (Å²) in [5.74, 6) is -0.655. The van der Waals surface area contributed by atoms with Gasteiger partial charge in [-0.25, -0.2) is 0 Å². The van der Waals surface area contributed by atoms with E-state index >= 15 is 0 Å². The highest BCUT2D eigenvalue weighted by Gasteiger charge is 2.44. The molecule has 118 valence electrons. The summed E-state index contributed by atoms with van der Waals surface area (Å²) in [6, 6.07) is 0.220. The molecule has 0 bridgehead atoms. The lowest BCUT2D eigenvalue weighted by atomic mass is 9.84. The highest BCUT2D eigenvalue weighted by molar-refractivity contribution is 5.75. The Kier molecular flexibility index (Phi) is 4.42. The van der Waals surface area contributed by atoms with Gasteiger partial charge in [0.25, 0.3) is 0 Å². The first-order valence-corrected chi connectivity index (χ1v) is 7.87. The normalized spacial score (nSPS) is 24.4. The summed E-state index contributed by atoms with van der Waals surface area (Å²) in [7, 11) is 0. The van der Waals surface area contributed by atoms with E-state index in [1.165, 1.54) is 11.3 Å². The monoisotopic (exact) mass is 293 g/mol. The van der Waals surface area contributed by atoms with Crippen LogP contribution in [0.4, 0.5) is 0 Å². The Bertz CT molecular complexity index is 538. The third-order valence-electron chi connectivity index (χ3n) is 5.22. The van der Waals surface area contributed by atoms with Crippen molar-refractivity contribution in [1.82, 2.24) is 14.7 Å². The number of hydrogen-bond donors (Lipinski definition) is 1. The van der Waals surface area contributed by atoms with Crippen molar-refractivity contribution in [3.05, 3.63) is 17.0 Å². The van der Waals surface area contributed by atoms with Gasteiger partial charge in [0.15, 0.2) is 0 Å². The number of hydrogen-bond acceptors (Lipinski definition) is 3. The van der Waals surface area contributed by atoms with E-state index in [1.807, 2.05) is 18.5 Å². The summed E-state index contributed by atoms with van der Waals surface area (Å²) >= 11 is 0. The van der Waals surface area contributed by atoms with Crippen LogP contribution in [0.1, 0.15) is 56.6 Å². The lowest BCUT2D eigenvalue weighted by Gasteiger charge is -2.28. The van der Waals surface area contributed by atoms with E-state index in [-0.39, 0.29) is 6.04 Å². The first-order valence-electron chi connectivity index (χ1n) is 7.87. The van der Waals surface area contributed by atoms with Gasteiger partial charge < -0.3 is 5.11 Å². The van der Waals surface area contributed by atoms with Gasteiger partial charge in [-0.2, -0.15) is 5.10 Å². The number of carbonyl (C=O) groups is 1. The number of aliphatic carboxylic acids is 1. The van der Waals surface area contributed by atoms with Gasteiger partial charge in [-0.3, -0.25) is 14.4 Å². The van der Waals surface area contributed by atoms with Crippen molar-refractivity contribution < 1.29 is 9.90 Å². The van der Waals surface area contributed by atoms with E-state index < -0.39 is 11.4 Å². The highest BCUT2D eigenvalue weighted by atomic mass is 16.4. The van der Waals surface area contributed by atoms with Crippen molar-refractivity contribution in [3.63, 3.8) is 0 Å². The minimum absolute atomic E-state index is 0.220. The molecular weight excluding hydrogens is 266 g/mol. The number of rotatable bonds is 5. The second-order valence-electron chi connectivity index (χ2n) is 6.24. The summed E-state index contributed by atoms with van der Waals surface area (Å²) in [5.41, 5.74) is 2.95. The molecule has 0 spiro atoms. The standard InChI is InChI=1S/C16H27N3O2/c1-6-16(15(20)21)8-9-18(10-16)12(4)14-11(3)17-19(7-2)13(14)5/h12H,6-10H2,1-5H3,(H,20,21). The fourth-order valence-corrected chi connectivity index (χ4v) is 3.66. The van der Waals surface area contributed by atoms with Gasteiger partial charge in [0.2, 0.25) is 0 Å². The lowest BCUT2D eigenvalue weighted by Crippen LogP contribution is -2.35. The van der Waals surface area contributed by atoms with Gasteiger partial charge in [0, 0.05) is 30.4 Å². The number of carboxylic acid groups (broad SMARTS) is 1. The maximum absolute atomic E-state index is 11.6. The molecule has 2 atom stereocenters. The Morgan fingerprint density at radius 3 is 2.52 bits per heavy atom. The molecule has 1 aromatic heterocycles. The number of likely N-dealkylation sites (tertiary alicyclic amines) is 1. The minimum Gasteiger partial charge on any atom is -0.481 e. The highest BCUT2D eigenvalue weighted by Crippen LogP contribution is 2.39. The predicted molar refractivity (Wildman–Crippen MR) is 82.3 cm³/mol. The van der Waals surface area contributed by atoms with Crippen LogP contribution in [0, 0.1) is 19.3 Å². The lowest BCUT2D eigenvalue weighted by molar-refractivity contribution is -0.148. The van der Waals surface area contributed by atoms with Crippen LogP contribution in [0.2, 0.25) is 0 Å². The molecule has 5 heteroatoms. The third-order valence-corrected chi connectivity index (χ3v) is 5.22. The average molecular weight is 293 g/mol. The molecule has 0 saturated carbocycles. The number of nitrogens with zero attached hydrogens (tertiary/aromatic N) is 3. The van der Waals surface area contributed by atoms with E-state index in [4.69, 9.17) is 0 Å². The van der Waals surface area contributed by atoms with Crippen molar-refractivity contribution in [2.45, 2.75) is 60.0 Å². The maximum Gasteiger partial charge on any atom is 0.310 e. The molecule has 21 heavy (non-hydrogen) atoms. The van der Waals surface area contributed by atoms with Crippen LogP contribution >= 0.6 is 0 Å². The van der Waals surface area contributed by atoms with Crippen LogP contribution in [0.15, 0.2) is 0 Å². The molecule has 5 nitrogen and oxygen atoms in total. The largest absolute Gasteiger partial charge is 0.481 e. The van der Waals surface area contributed by atoms with Crippen LogP contribution in [0.3, 0.4) is 0 Å². The zero-order chi connectivity index (χ0) is 15.8. The second kappa shape index (κ2) is 5.79. The fourth-order valence-electron chi connectivity index (χ4n) is 3.66. The Morgan fingerprint density at radius 1 is 1.43 bits per heavy atom. The quantitative estimate of drug-likeness (QED) is 0.907. The molecule has 0 aliphatic carbocycles. The molecular formula is C16H27N3O2. The number of aromatic nitrogens is 2. The van der Waals surface area contributed by atoms with Crippen LogP contribution in [0.5, 0.6) is 0 Å². The summed E-state index contributed by atoms with van der Waals surface area (Å²) in [5, 5.41) is 14.1. The van der Waals surface area contributed by atoms with Gasteiger partial charge >= 0.3 is 5.97 Å². The predicted octanol–water partition coefficient (Wildman–Crippen LogP) is 2.77. The number of carboxylic acids is 1. The molecule has 1 aliphatic rings. The molecule has 1 aromatic rings. The molecule has 1 saturated heterocycles. The molecule has 0 aromatic carbocycles. The smallest absolute Gasteiger partial charge is 0.310 e. The van der Waals surface area contributed by atoms with Gasteiger partial charge in [-0.15, -0.1) is 0 Å². The Hall–Kier alpha value is -1.36. The fraction of sp³-hybridized carbons (Fsp3) is 0.750. The van der Waals surface area contributed by atoms with Crippen LogP contribution < -0.4 is 0 Å². The molecule has 1 fully saturated rings. The van der Waals surface area contributed by atoms with Gasteiger partial charge in [0.1, 0.15) is 0 Å². The Balaban J connectivity index is 2.25. The van der Waals surface area contributed by atoms with Crippen LogP contribution in [-0.4, -0.2) is 38.8 Å². The number of aryl methyl sites for hydroxylation is 2. The topological polar surface area (TPSA) is 58.4 Å². The van der Waals surface area contributed by atoms with Crippen molar-refractivity contribution in [2.24, 2.45) is 5.41 Å². The SMILES string of the molecule is CCn1nc(C)c(C(C)N2CCC(CC)(C(=O)O)C2)c1C. The molecule has 0 amide bonds. The van der Waals surface area contributed by atoms with E-state index in [0.717, 1.165) is 25.2 Å². The van der Waals surface area contributed by atoms with Crippen molar-refractivity contribution in [2.75, 3.05) is 13.1 Å². The minimum atomic E-state index is -0.655. The first-order chi connectivity index (χ1) is 9.86. The third kappa shape index (κ3) is 2.59. The molecule has 1 N–H and O–H groups in total. The van der Waals surface area contributed by atoms with Crippen molar-refractivity contribution >= 4 is 5.97 Å². The average Bonchev–Trinajstić information content (AvgIpc) is 3.01. The Labute approximate surface area is 126 Å². The Morgan fingerprint density at radius 2 is 2.10 bits per heavy atom. The maximum atomic E-state index is 11.6. The van der Waals surface area contributed by atoms with Crippen molar-refractivity contribution in [1.29, 1.82) is 0 Å². The van der Waals surface area contributed by atoms with Gasteiger partial charge in [0.05, 0.1) is 11.1 Å². The summed E-state index contributed by atoms with van der Waals surface area (Å²) in [6.45, 7) is 12.7. The molecule has 2 unspecified atom stereocenters. The zero-order valence-electron chi connectivity index (χ0n) is 13.8. The summed E-state index contributed by atoms with van der Waals surface area (Å²) in [6.07, 6.45) is 1.43. The molecule has 0 radical (unpaired) electrons. The first kappa shape index (κ1) is 16.0.